The van der Waals surface area contributed by atoms with Crippen LogP contribution in [0.5, 0.6) is 0 Å². The van der Waals surface area contributed by atoms with Gasteiger partial charge in [-0.3, -0.25) is 0 Å². The molecule has 0 aromatic heterocycles. The zero-order valence-corrected chi connectivity index (χ0v) is 12.5. The Labute approximate surface area is 126 Å². The summed E-state index contributed by atoms with van der Waals surface area (Å²) in [6, 6.07) is 11.8. The van der Waals surface area contributed by atoms with Gasteiger partial charge >= 0.3 is 0 Å². The molecule has 0 heterocycles. The summed E-state index contributed by atoms with van der Waals surface area (Å²) in [7, 11) is 0. The Bertz CT molecular complexity index is 707. The number of rotatable bonds is 2. The molecule has 2 bridgehead atoms. The minimum absolute atomic E-state index is 0.241. The maximum atomic E-state index is 6.77. The van der Waals surface area contributed by atoms with Gasteiger partial charge in [-0.25, -0.2) is 0 Å². The number of aryl methyl sites for hydroxylation is 2. The van der Waals surface area contributed by atoms with E-state index in [1.165, 1.54) is 66.0 Å². The van der Waals surface area contributed by atoms with Crippen LogP contribution in [0.4, 0.5) is 0 Å². The van der Waals surface area contributed by atoms with E-state index in [9.17, 15) is 0 Å². The Morgan fingerprint density at radius 1 is 0.952 bits per heavy atom. The molecular formula is C20H23N. The molecule has 2 N–H and O–H groups in total. The summed E-state index contributed by atoms with van der Waals surface area (Å²) < 4.78 is 0. The lowest BCUT2D eigenvalue weighted by atomic mass is 9.79. The third kappa shape index (κ3) is 1.67. The van der Waals surface area contributed by atoms with E-state index in [2.05, 4.69) is 30.3 Å². The average Bonchev–Trinajstić information content (AvgIpc) is 3.23. The van der Waals surface area contributed by atoms with Crippen molar-refractivity contribution in [3.8, 4) is 0 Å². The molecule has 4 unspecified atom stereocenters. The lowest BCUT2D eigenvalue weighted by Crippen LogP contribution is -2.26. The first-order valence-electron chi connectivity index (χ1n) is 8.60. The quantitative estimate of drug-likeness (QED) is 0.866. The summed E-state index contributed by atoms with van der Waals surface area (Å²) in [5.74, 6) is 2.60. The molecule has 108 valence electrons. The third-order valence-corrected chi connectivity index (χ3v) is 6.52. The third-order valence-electron chi connectivity index (χ3n) is 6.52. The van der Waals surface area contributed by atoms with E-state index in [1.807, 2.05) is 0 Å². The largest absolute Gasteiger partial charge is 0.324 e. The van der Waals surface area contributed by atoms with Crippen LogP contribution in [-0.2, 0) is 12.8 Å². The van der Waals surface area contributed by atoms with Crippen molar-refractivity contribution in [2.75, 3.05) is 0 Å². The van der Waals surface area contributed by atoms with Gasteiger partial charge < -0.3 is 5.73 Å². The summed E-state index contributed by atoms with van der Waals surface area (Å²) >= 11 is 0. The first-order chi connectivity index (χ1) is 10.3. The van der Waals surface area contributed by atoms with Crippen LogP contribution >= 0.6 is 0 Å². The molecule has 0 saturated heterocycles. The van der Waals surface area contributed by atoms with Gasteiger partial charge in [0.15, 0.2) is 0 Å². The van der Waals surface area contributed by atoms with Gasteiger partial charge in [0.05, 0.1) is 0 Å². The Morgan fingerprint density at radius 2 is 1.81 bits per heavy atom. The molecule has 3 aliphatic rings. The first kappa shape index (κ1) is 12.2. The monoisotopic (exact) mass is 277 g/mol. The molecule has 2 aromatic carbocycles. The fraction of sp³-hybridized carbons (Fsp3) is 0.500. The van der Waals surface area contributed by atoms with Crippen LogP contribution in [0.3, 0.4) is 0 Å². The normalized spacial score (nSPS) is 31.2. The molecule has 1 heteroatoms. The topological polar surface area (TPSA) is 26.0 Å². The fourth-order valence-corrected chi connectivity index (χ4v) is 5.52. The highest BCUT2D eigenvalue weighted by Crippen LogP contribution is 2.52. The Hall–Kier alpha value is -1.34. The van der Waals surface area contributed by atoms with Gasteiger partial charge in [0.1, 0.15) is 0 Å². The van der Waals surface area contributed by atoms with E-state index in [0.29, 0.717) is 0 Å². The predicted octanol–water partition coefficient (Wildman–Crippen LogP) is 4.37. The minimum Gasteiger partial charge on any atom is -0.324 e. The average molecular weight is 277 g/mol. The zero-order chi connectivity index (χ0) is 14.0. The highest BCUT2D eigenvalue weighted by Gasteiger charge is 2.42. The van der Waals surface area contributed by atoms with E-state index < -0.39 is 0 Å². The molecule has 2 fully saturated rings. The van der Waals surface area contributed by atoms with E-state index in [-0.39, 0.29) is 6.04 Å². The smallest absolute Gasteiger partial charge is 0.0332 e. The lowest BCUT2D eigenvalue weighted by molar-refractivity contribution is 0.285. The molecular weight excluding hydrogens is 254 g/mol. The second-order valence-corrected chi connectivity index (χ2v) is 7.52. The highest BCUT2D eigenvalue weighted by atomic mass is 14.7. The van der Waals surface area contributed by atoms with Gasteiger partial charge in [0.25, 0.3) is 0 Å². The summed E-state index contributed by atoms with van der Waals surface area (Å²) in [6.45, 7) is 0. The van der Waals surface area contributed by atoms with Crippen molar-refractivity contribution in [1.82, 2.24) is 0 Å². The summed E-state index contributed by atoms with van der Waals surface area (Å²) in [5.41, 5.74) is 11.2. The molecule has 2 saturated carbocycles. The summed E-state index contributed by atoms with van der Waals surface area (Å²) in [4.78, 5) is 0. The number of nitrogens with two attached hydrogens (primary N) is 1. The van der Waals surface area contributed by atoms with Gasteiger partial charge in [0.2, 0.25) is 0 Å². The van der Waals surface area contributed by atoms with Crippen molar-refractivity contribution in [2.24, 2.45) is 23.5 Å². The predicted molar refractivity (Wildman–Crippen MR) is 87.2 cm³/mol. The van der Waals surface area contributed by atoms with Crippen LogP contribution < -0.4 is 5.73 Å². The van der Waals surface area contributed by atoms with Gasteiger partial charge in [-0.1, -0.05) is 36.8 Å². The summed E-state index contributed by atoms with van der Waals surface area (Å²) in [6.07, 6.45) is 8.11. The zero-order valence-electron chi connectivity index (χ0n) is 12.5. The van der Waals surface area contributed by atoms with Crippen molar-refractivity contribution < 1.29 is 0 Å². The number of fused-ring (bicyclic) bond motifs is 2. The minimum atomic E-state index is 0.241. The van der Waals surface area contributed by atoms with E-state index in [1.54, 1.807) is 0 Å². The molecule has 0 aliphatic heterocycles. The number of benzene rings is 2. The van der Waals surface area contributed by atoms with Crippen LogP contribution in [0.25, 0.3) is 10.8 Å². The second kappa shape index (κ2) is 4.33. The molecule has 0 radical (unpaired) electrons. The van der Waals surface area contributed by atoms with E-state index >= 15 is 0 Å². The van der Waals surface area contributed by atoms with Crippen LogP contribution in [0, 0.1) is 17.8 Å². The van der Waals surface area contributed by atoms with Gasteiger partial charge in [0, 0.05) is 6.04 Å². The van der Waals surface area contributed by atoms with E-state index in [4.69, 9.17) is 5.73 Å². The van der Waals surface area contributed by atoms with Gasteiger partial charge in [-0.15, -0.1) is 0 Å². The summed E-state index contributed by atoms with van der Waals surface area (Å²) in [5, 5.41) is 2.96. The van der Waals surface area contributed by atoms with Crippen molar-refractivity contribution in [3.63, 3.8) is 0 Å². The standard InChI is InChI=1S/C20H23N/c21-20(18-11-12-4-5-15(18)10-12)17-9-8-14-7-6-13-2-1-3-16(17)19(13)14/h1-3,8-9,12,15,18,20H,4-7,10-11,21H2. The Kier molecular flexibility index (Phi) is 2.52. The van der Waals surface area contributed by atoms with Crippen molar-refractivity contribution in [3.05, 3.63) is 47.0 Å². The van der Waals surface area contributed by atoms with Crippen molar-refractivity contribution in [2.45, 2.75) is 44.6 Å². The van der Waals surface area contributed by atoms with E-state index in [0.717, 1.165) is 17.8 Å². The molecule has 4 atom stereocenters. The molecule has 0 amide bonds. The number of hydrogen-bond donors (Lipinski definition) is 1. The molecule has 2 aromatic rings. The van der Waals surface area contributed by atoms with Crippen molar-refractivity contribution in [1.29, 1.82) is 0 Å². The Balaban J connectivity index is 1.62. The van der Waals surface area contributed by atoms with Crippen molar-refractivity contribution >= 4 is 10.8 Å². The maximum Gasteiger partial charge on any atom is 0.0332 e. The number of hydrogen-bond acceptors (Lipinski definition) is 1. The van der Waals surface area contributed by atoms with Crippen LogP contribution in [0.1, 0.15) is 48.4 Å². The molecule has 5 rings (SSSR count). The van der Waals surface area contributed by atoms with Gasteiger partial charge in [-0.2, -0.15) is 0 Å². The molecule has 3 aliphatic carbocycles. The molecule has 21 heavy (non-hydrogen) atoms. The SMILES string of the molecule is NC(c1ccc2c3c(cccc13)CC2)C1CC2CCC1C2. The van der Waals surface area contributed by atoms with Gasteiger partial charge in [-0.05, 0) is 77.3 Å². The van der Waals surface area contributed by atoms with Crippen LogP contribution in [-0.4, -0.2) is 0 Å². The van der Waals surface area contributed by atoms with Crippen LogP contribution in [0.2, 0.25) is 0 Å². The molecule has 0 spiro atoms. The lowest BCUT2D eigenvalue weighted by Gasteiger charge is -2.29. The Morgan fingerprint density at radius 3 is 2.57 bits per heavy atom. The second-order valence-electron chi connectivity index (χ2n) is 7.52. The fourth-order valence-electron chi connectivity index (χ4n) is 5.52. The molecule has 1 nitrogen and oxygen atoms in total. The highest BCUT2D eigenvalue weighted by molar-refractivity contribution is 5.93. The van der Waals surface area contributed by atoms with Crippen LogP contribution in [0.15, 0.2) is 30.3 Å². The maximum absolute atomic E-state index is 6.77. The first-order valence-corrected chi connectivity index (χ1v) is 8.60.